The van der Waals surface area contributed by atoms with Crippen molar-refractivity contribution in [3.63, 3.8) is 0 Å². The maximum atomic E-state index is 12.1. The molecule has 0 saturated carbocycles. The maximum Gasteiger partial charge on any atom is 0.321 e. The van der Waals surface area contributed by atoms with Gasteiger partial charge in [0.15, 0.2) is 0 Å². The van der Waals surface area contributed by atoms with E-state index in [1.807, 2.05) is 23.1 Å². The highest BCUT2D eigenvalue weighted by Crippen LogP contribution is 2.25. The zero-order valence-corrected chi connectivity index (χ0v) is 12.9. The number of ether oxygens (including phenoxy) is 1. The minimum atomic E-state index is -0.0351. The number of carbonyl (C=O) groups is 1. The Hall–Kier alpha value is -1.23. The molecule has 4 nitrogen and oxygen atoms in total. The van der Waals surface area contributed by atoms with Crippen LogP contribution in [0.15, 0.2) is 22.7 Å². The Kier molecular flexibility index (Phi) is 4.69. The van der Waals surface area contributed by atoms with Crippen molar-refractivity contribution in [3.8, 4) is 5.75 Å². The molecule has 2 rings (SSSR count). The number of halogens is 1. The summed E-state index contributed by atoms with van der Waals surface area (Å²) in [5.41, 5.74) is 0.745. The summed E-state index contributed by atoms with van der Waals surface area (Å²) < 4.78 is 6.07. The predicted molar refractivity (Wildman–Crippen MR) is 79.7 cm³/mol. The van der Waals surface area contributed by atoms with Gasteiger partial charge in [0.25, 0.3) is 0 Å². The number of likely N-dealkylation sites (tertiary alicyclic amines) is 1. The lowest BCUT2D eigenvalue weighted by Gasteiger charge is -2.30. The molecule has 0 radical (unpaired) electrons. The maximum absolute atomic E-state index is 12.1. The molecule has 2 amide bonds. The minimum Gasteiger partial charge on any atom is -0.497 e. The van der Waals surface area contributed by atoms with Crippen molar-refractivity contribution in [2.45, 2.75) is 19.8 Å². The fourth-order valence-corrected chi connectivity index (χ4v) is 2.64. The van der Waals surface area contributed by atoms with Crippen LogP contribution in [0.1, 0.15) is 19.8 Å². The van der Waals surface area contributed by atoms with E-state index in [1.165, 1.54) is 0 Å². The first-order valence-electron chi connectivity index (χ1n) is 6.49. The molecule has 0 bridgehead atoms. The van der Waals surface area contributed by atoms with Crippen LogP contribution in [0.25, 0.3) is 0 Å². The highest BCUT2D eigenvalue weighted by Gasteiger charge is 2.20. The topological polar surface area (TPSA) is 41.6 Å². The number of piperidine rings is 1. The van der Waals surface area contributed by atoms with E-state index in [0.29, 0.717) is 0 Å². The minimum absolute atomic E-state index is 0.0351. The SMILES string of the molecule is COc1cc(Br)cc(NC(=O)N2CCC(C)CC2)c1. The molecule has 1 N–H and O–H groups in total. The van der Waals surface area contributed by atoms with E-state index < -0.39 is 0 Å². The number of amides is 2. The first-order valence-corrected chi connectivity index (χ1v) is 7.28. The highest BCUT2D eigenvalue weighted by molar-refractivity contribution is 9.10. The first-order chi connectivity index (χ1) is 9.08. The van der Waals surface area contributed by atoms with Crippen molar-refractivity contribution >= 4 is 27.6 Å². The summed E-state index contributed by atoms with van der Waals surface area (Å²) >= 11 is 3.40. The molecule has 0 unspecified atom stereocenters. The number of anilines is 1. The van der Waals surface area contributed by atoms with E-state index in [-0.39, 0.29) is 6.03 Å². The van der Waals surface area contributed by atoms with E-state index >= 15 is 0 Å². The van der Waals surface area contributed by atoms with E-state index in [4.69, 9.17) is 4.74 Å². The van der Waals surface area contributed by atoms with Gasteiger partial charge in [-0.3, -0.25) is 0 Å². The molecule has 1 saturated heterocycles. The fraction of sp³-hybridized carbons (Fsp3) is 0.500. The Balaban J connectivity index is 2.00. The van der Waals surface area contributed by atoms with Gasteiger partial charge in [-0.2, -0.15) is 0 Å². The Morgan fingerprint density at radius 3 is 2.68 bits per heavy atom. The number of carbonyl (C=O) groups excluding carboxylic acids is 1. The smallest absolute Gasteiger partial charge is 0.321 e. The molecular weight excluding hydrogens is 308 g/mol. The van der Waals surface area contributed by atoms with Gasteiger partial charge in [-0.1, -0.05) is 22.9 Å². The van der Waals surface area contributed by atoms with Gasteiger partial charge in [0.2, 0.25) is 0 Å². The van der Waals surface area contributed by atoms with E-state index in [9.17, 15) is 4.79 Å². The average molecular weight is 327 g/mol. The molecule has 19 heavy (non-hydrogen) atoms. The first kappa shape index (κ1) is 14.2. The molecule has 104 valence electrons. The number of hydrogen-bond donors (Lipinski definition) is 1. The third-order valence-corrected chi connectivity index (χ3v) is 3.89. The molecule has 1 aliphatic rings. The molecule has 0 aliphatic carbocycles. The van der Waals surface area contributed by atoms with Gasteiger partial charge >= 0.3 is 6.03 Å². The Bertz CT molecular complexity index is 457. The van der Waals surface area contributed by atoms with Crippen LogP contribution in [-0.2, 0) is 0 Å². The summed E-state index contributed by atoms with van der Waals surface area (Å²) in [5, 5.41) is 2.92. The largest absolute Gasteiger partial charge is 0.497 e. The van der Waals surface area contributed by atoms with Crippen LogP contribution in [0.2, 0.25) is 0 Å². The molecule has 0 atom stereocenters. The van der Waals surface area contributed by atoms with E-state index in [1.54, 1.807) is 7.11 Å². The van der Waals surface area contributed by atoms with Gasteiger partial charge in [-0.25, -0.2) is 4.79 Å². The van der Waals surface area contributed by atoms with Crippen LogP contribution in [0.4, 0.5) is 10.5 Å². The summed E-state index contributed by atoms with van der Waals surface area (Å²) in [6.07, 6.45) is 2.16. The normalized spacial score (nSPS) is 16.3. The van der Waals surface area contributed by atoms with E-state index in [2.05, 4.69) is 28.2 Å². The van der Waals surface area contributed by atoms with E-state index in [0.717, 1.165) is 47.8 Å². The van der Waals surface area contributed by atoms with Crippen molar-refractivity contribution < 1.29 is 9.53 Å². The van der Waals surface area contributed by atoms with Gasteiger partial charge < -0.3 is 15.0 Å². The highest BCUT2D eigenvalue weighted by atomic mass is 79.9. The van der Waals surface area contributed by atoms with Crippen LogP contribution in [0.5, 0.6) is 5.75 Å². The molecule has 0 spiro atoms. The van der Waals surface area contributed by atoms with Crippen molar-refractivity contribution in [1.29, 1.82) is 0 Å². The predicted octanol–water partition coefficient (Wildman–Crippen LogP) is 3.72. The average Bonchev–Trinajstić information content (AvgIpc) is 2.38. The lowest BCUT2D eigenvalue weighted by Crippen LogP contribution is -2.40. The van der Waals surface area contributed by atoms with Gasteiger partial charge in [0, 0.05) is 29.3 Å². The third kappa shape index (κ3) is 3.86. The van der Waals surface area contributed by atoms with Gasteiger partial charge in [0.1, 0.15) is 5.75 Å². The monoisotopic (exact) mass is 326 g/mol. The number of nitrogens with one attached hydrogen (secondary N) is 1. The second-order valence-electron chi connectivity index (χ2n) is 4.98. The van der Waals surface area contributed by atoms with Gasteiger partial charge in [-0.05, 0) is 30.9 Å². The summed E-state index contributed by atoms with van der Waals surface area (Å²) in [5.74, 6) is 1.44. The second kappa shape index (κ2) is 6.28. The summed E-state index contributed by atoms with van der Waals surface area (Å²) in [6.45, 7) is 3.89. The van der Waals surface area contributed by atoms with Crippen LogP contribution < -0.4 is 10.1 Å². The molecule has 1 aromatic carbocycles. The lowest BCUT2D eigenvalue weighted by molar-refractivity contribution is 0.186. The van der Waals surface area contributed by atoms with Crippen molar-refractivity contribution in [3.05, 3.63) is 22.7 Å². The lowest BCUT2D eigenvalue weighted by atomic mass is 10.00. The molecule has 1 fully saturated rings. The number of benzene rings is 1. The van der Waals surface area contributed by atoms with Crippen molar-refractivity contribution in [2.75, 3.05) is 25.5 Å². The zero-order chi connectivity index (χ0) is 13.8. The molecular formula is C14H19BrN2O2. The zero-order valence-electron chi connectivity index (χ0n) is 11.3. The summed E-state index contributed by atoms with van der Waals surface area (Å²) in [6, 6.07) is 5.51. The standard InChI is InChI=1S/C14H19BrN2O2/c1-10-3-5-17(6-4-10)14(18)16-12-7-11(15)8-13(9-12)19-2/h7-10H,3-6H2,1-2H3,(H,16,18). The van der Waals surface area contributed by atoms with Crippen molar-refractivity contribution in [1.82, 2.24) is 4.90 Å². The van der Waals surface area contributed by atoms with Crippen LogP contribution in [0, 0.1) is 5.92 Å². The number of methoxy groups -OCH3 is 1. The second-order valence-corrected chi connectivity index (χ2v) is 5.90. The van der Waals surface area contributed by atoms with Gasteiger partial charge in [-0.15, -0.1) is 0 Å². The third-order valence-electron chi connectivity index (χ3n) is 3.43. The molecule has 1 aliphatic heterocycles. The van der Waals surface area contributed by atoms with Crippen LogP contribution in [-0.4, -0.2) is 31.1 Å². The Morgan fingerprint density at radius 2 is 2.05 bits per heavy atom. The molecule has 0 aromatic heterocycles. The van der Waals surface area contributed by atoms with Crippen molar-refractivity contribution in [2.24, 2.45) is 5.92 Å². The Labute approximate surface area is 122 Å². The molecule has 5 heteroatoms. The fourth-order valence-electron chi connectivity index (χ4n) is 2.17. The summed E-state index contributed by atoms with van der Waals surface area (Å²) in [7, 11) is 1.61. The quantitative estimate of drug-likeness (QED) is 0.899. The molecule has 1 aromatic rings. The van der Waals surface area contributed by atoms with Crippen LogP contribution in [0.3, 0.4) is 0 Å². The number of urea groups is 1. The number of hydrogen-bond acceptors (Lipinski definition) is 2. The van der Waals surface area contributed by atoms with Gasteiger partial charge in [0.05, 0.1) is 7.11 Å². The number of rotatable bonds is 2. The summed E-state index contributed by atoms with van der Waals surface area (Å²) in [4.78, 5) is 14.0. The number of nitrogens with zero attached hydrogens (tertiary/aromatic N) is 1. The molecule has 1 heterocycles. The Morgan fingerprint density at radius 1 is 1.37 bits per heavy atom. The van der Waals surface area contributed by atoms with Crippen LogP contribution >= 0.6 is 15.9 Å².